The van der Waals surface area contributed by atoms with E-state index < -0.39 is 13.7 Å². The van der Waals surface area contributed by atoms with Crippen molar-refractivity contribution in [1.82, 2.24) is 4.57 Å². The Hall–Kier alpha value is -6.04. The van der Waals surface area contributed by atoms with Crippen molar-refractivity contribution in [3.8, 4) is 39.5 Å². The number of benzene rings is 6. The van der Waals surface area contributed by atoms with E-state index in [1.165, 1.54) is 49.8 Å². The van der Waals surface area contributed by atoms with Gasteiger partial charge in [-0.2, -0.15) is 4.57 Å². The van der Waals surface area contributed by atoms with Crippen LogP contribution in [0.15, 0.2) is 156 Å². The summed E-state index contributed by atoms with van der Waals surface area (Å²) < 4.78 is 14.8. The summed E-state index contributed by atoms with van der Waals surface area (Å²) in [6, 6.07) is 53.9. The Morgan fingerprint density at radius 1 is 0.655 bits per heavy atom. The highest BCUT2D eigenvalue weighted by Crippen LogP contribution is 2.53. The zero-order valence-electron chi connectivity index (χ0n) is 32.2. The molecule has 1 unspecified atom stereocenters. The molecule has 0 radical (unpaired) electrons. The van der Waals surface area contributed by atoms with Gasteiger partial charge >= 0.3 is 11.5 Å². The summed E-state index contributed by atoms with van der Waals surface area (Å²) in [6.45, 7) is 14.3. The Morgan fingerprint density at radius 2 is 1.42 bits per heavy atom. The molecule has 9 aromatic rings. The predicted octanol–water partition coefficient (Wildman–Crippen LogP) is 10.9. The zero-order valence-corrected chi connectivity index (χ0v) is 33.2. The first-order chi connectivity index (χ1) is 26.5. The number of hydrogen-bond acceptors (Lipinski definition) is 1. The van der Waals surface area contributed by atoms with Crippen LogP contribution in [0.1, 0.15) is 37.5 Å². The highest BCUT2D eigenvalue weighted by Gasteiger charge is 2.67. The van der Waals surface area contributed by atoms with Crippen molar-refractivity contribution in [2.24, 2.45) is 0 Å². The molecule has 2 aliphatic heterocycles. The maximum absolute atomic E-state index is 7.04. The maximum atomic E-state index is 7.04. The third-order valence-corrected chi connectivity index (χ3v) is 14.2. The summed E-state index contributed by atoms with van der Waals surface area (Å²) >= 11 is 0. The van der Waals surface area contributed by atoms with Crippen molar-refractivity contribution in [3.63, 3.8) is 0 Å². The number of aromatic nitrogens is 3. The van der Waals surface area contributed by atoms with Crippen LogP contribution >= 0.6 is 0 Å². The minimum absolute atomic E-state index is 0.0390. The summed E-state index contributed by atoms with van der Waals surface area (Å²) in [5.74, 6) is 1.12. The largest absolute Gasteiger partial charge is 0.455 e. The van der Waals surface area contributed by atoms with Crippen molar-refractivity contribution in [1.29, 1.82) is 0 Å². The maximum Gasteiger partial charge on any atom is 0.364 e. The summed E-state index contributed by atoms with van der Waals surface area (Å²) in [5, 5.41) is 3.70. The fraction of sp³-hybridized carbons (Fsp3) is 0.160. The molecule has 266 valence electrons. The highest BCUT2D eigenvalue weighted by molar-refractivity contribution is 6.88. The molecular formula is C50H43N3OSi+2. The molecule has 55 heavy (non-hydrogen) atoms. The number of furan rings is 1. The van der Waals surface area contributed by atoms with Crippen LogP contribution in [0.25, 0.3) is 72.4 Å². The van der Waals surface area contributed by atoms with Crippen LogP contribution in [-0.4, -0.2) is 12.6 Å². The van der Waals surface area contributed by atoms with E-state index in [2.05, 4.69) is 206 Å². The number of para-hydroxylation sites is 3. The zero-order chi connectivity index (χ0) is 37.4. The summed E-state index contributed by atoms with van der Waals surface area (Å²) in [5.41, 5.74) is 14.4. The lowest BCUT2D eigenvalue weighted by Crippen LogP contribution is -2.72. The lowest BCUT2D eigenvalue weighted by molar-refractivity contribution is -0.944. The SMILES string of the molecule is CC(C)(C)c1ccc2c(c1)C1(c3ccc4c(oc5ccccc54)c3-c3n(-c4cccc(-c5ccccc5)c4)c4ccccc4[n+]31)[n+]1cc([Si](C)(C)C)ccc1-2. The van der Waals surface area contributed by atoms with Crippen LogP contribution < -0.4 is 14.3 Å². The van der Waals surface area contributed by atoms with Crippen LogP contribution in [-0.2, 0) is 11.1 Å². The number of hydrogen-bond donors (Lipinski definition) is 0. The smallest absolute Gasteiger partial charge is 0.364 e. The number of pyridine rings is 1. The summed E-state index contributed by atoms with van der Waals surface area (Å²) in [6.07, 6.45) is 2.50. The normalized spacial score (nSPS) is 15.9. The van der Waals surface area contributed by atoms with Gasteiger partial charge in [-0.25, -0.2) is 0 Å². The Bertz CT molecular complexity index is 3000. The number of fused-ring (bicyclic) bond motifs is 16. The molecule has 6 aromatic carbocycles. The van der Waals surface area contributed by atoms with E-state index in [-0.39, 0.29) is 5.41 Å². The van der Waals surface area contributed by atoms with Gasteiger partial charge in [-0.05, 0) is 76.7 Å². The molecule has 0 saturated heterocycles. The van der Waals surface area contributed by atoms with E-state index >= 15 is 0 Å². The Balaban J connectivity index is 1.37. The fourth-order valence-electron chi connectivity index (χ4n) is 9.45. The van der Waals surface area contributed by atoms with E-state index in [1.807, 2.05) is 0 Å². The van der Waals surface area contributed by atoms with E-state index in [0.29, 0.717) is 0 Å². The first-order valence-corrected chi connectivity index (χ1v) is 22.9. The van der Waals surface area contributed by atoms with Gasteiger partial charge in [0, 0.05) is 22.0 Å². The third-order valence-electron chi connectivity index (χ3n) is 12.2. The van der Waals surface area contributed by atoms with Crippen molar-refractivity contribution in [2.45, 2.75) is 51.5 Å². The second kappa shape index (κ2) is 11.0. The molecule has 4 nitrogen and oxygen atoms in total. The van der Waals surface area contributed by atoms with E-state index in [0.717, 1.165) is 44.5 Å². The lowest BCUT2D eigenvalue weighted by atomic mass is 9.82. The first-order valence-electron chi connectivity index (χ1n) is 19.4. The van der Waals surface area contributed by atoms with E-state index in [4.69, 9.17) is 4.42 Å². The monoisotopic (exact) mass is 729 g/mol. The molecule has 2 aliphatic rings. The average Bonchev–Trinajstić information content (AvgIpc) is 3.90. The highest BCUT2D eigenvalue weighted by atomic mass is 28.3. The van der Waals surface area contributed by atoms with Gasteiger partial charge in [-0.15, -0.1) is 9.13 Å². The van der Waals surface area contributed by atoms with Crippen molar-refractivity contribution in [3.05, 3.63) is 168 Å². The number of imidazole rings is 1. The quantitative estimate of drug-likeness (QED) is 0.131. The molecule has 5 heteroatoms. The van der Waals surface area contributed by atoms with E-state index in [9.17, 15) is 0 Å². The standard InChI is InChI=1S/C50H43N3OSi/c1-49(2,3)34-23-25-39-41(30-34)50(51-31-36(55(4,5)6)24-28-42(39)51)40-27-26-38-37-19-10-13-22-45(37)54-47(38)46(40)48-52(43-20-11-12-21-44(43)53(48)50)35-18-14-17-33(29-35)32-15-8-7-9-16-32/h7-31H,1-6H3/q+2. The summed E-state index contributed by atoms with van der Waals surface area (Å²) in [4.78, 5) is 0. The molecule has 0 bridgehead atoms. The van der Waals surface area contributed by atoms with Crippen LogP contribution in [0.5, 0.6) is 0 Å². The van der Waals surface area contributed by atoms with Gasteiger partial charge in [0.1, 0.15) is 16.8 Å². The van der Waals surface area contributed by atoms with Gasteiger partial charge < -0.3 is 4.42 Å². The van der Waals surface area contributed by atoms with Crippen molar-refractivity contribution in [2.75, 3.05) is 0 Å². The van der Waals surface area contributed by atoms with Crippen LogP contribution in [0, 0.1) is 0 Å². The lowest BCUT2D eigenvalue weighted by Gasteiger charge is -2.24. The topological polar surface area (TPSA) is 25.8 Å². The molecule has 11 rings (SSSR count). The van der Waals surface area contributed by atoms with Gasteiger partial charge in [0.05, 0.1) is 24.8 Å². The van der Waals surface area contributed by atoms with Gasteiger partial charge in [0.25, 0.3) is 0 Å². The Kier molecular flexibility index (Phi) is 6.49. The molecule has 1 spiro atoms. The minimum atomic E-state index is -1.73. The Labute approximate surface area is 322 Å². The van der Waals surface area contributed by atoms with Gasteiger partial charge in [0.15, 0.2) is 22.8 Å². The summed E-state index contributed by atoms with van der Waals surface area (Å²) in [7, 11) is -1.73. The molecule has 0 saturated carbocycles. The molecular weight excluding hydrogens is 687 g/mol. The molecule has 3 aromatic heterocycles. The minimum Gasteiger partial charge on any atom is -0.455 e. The van der Waals surface area contributed by atoms with Gasteiger partial charge in [-0.1, -0.05) is 125 Å². The Morgan fingerprint density at radius 3 is 2.24 bits per heavy atom. The molecule has 5 heterocycles. The second-order valence-electron chi connectivity index (χ2n) is 17.5. The molecule has 0 amide bonds. The average molecular weight is 730 g/mol. The van der Waals surface area contributed by atoms with Gasteiger partial charge in [-0.3, -0.25) is 0 Å². The van der Waals surface area contributed by atoms with Crippen molar-refractivity contribution < 1.29 is 13.6 Å². The van der Waals surface area contributed by atoms with Crippen LogP contribution in [0.2, 0.25) is 19.6 Å². The number of nitrogens with zero attached hydrogens (tertiary/aromatic N) is 3. The van der Waals surface area contributed by atoms with Gasteiger partial charge in [0.2, 0.25) is 5.69 Å². The molecule has 0 aliphatic carbocycles. The van der Waals surface area contributed by atoms with Crippen molar-refractivity contribution >= 4 is 46.2 Å². The van der Waals surface area contributed by atoms with E-state index in [1.54, 1.807) is 0 Å². The molecule has 0 N–H and O–H groups in total. The number of rotatable bonds is 3. The predicted molar refractivity (Wildman–Crippen MR) is 227 cm³/mol. The van der Waals surface area contributed by atoms with Crippen LogP contribution in [0.4, 0.5) is 0 Å². The first kappa shape index (κ1) is 32.4. The molecule has 1 atom stereocenters. The second-order valence-corrected chi connectivity index (χ2v) is 22.5. The van der Waals surface area contributed by atoms with Crippen LogP contribution in [0.3, 0.4) is 0 Å². The fourth-order valence-corrected chi connectivity index (χ4v) is 10.5. The molecule has 0 fully saturated rings. The third kappa shape index (κ3) is 4.33.